The number of aromatic nitrogens is 3. The summed E-state index contributed by atoms with van der Waals surface area (Å²) in [5.74, 6) is 0. The Labute approximate surface area is 126 Å². The van der Waals surface area contributed by atoms with Crippen molar-refractivity contribution in [3.05, 3.63) is 42.5 Å². The molecule has 0 bridgehead atoms. The van der Waals surface area contributed by atoms with E-state index in [0.717, 1.165) is 6.54 Å². The van der Waals surface area contributed by atoms with Crippen molar-refractivity contribution in [2.24, 2.45) is 5.41 Å². The third-order valence-electron chi connectivity index (χ3n) is 4.31. The minimum atomic E-state index is 0.467. The van der Waals surface area contributed by atoms with Crippen LogP contribution >= 0.6 is 0 Å². The molecule has 1 heterocycles. The van der Waals surface area contributed by atoms with Crippen LogP contribution < -0.4 is 5.32 Å². The van der Waals surface area contributed by atoms with E-state index in [9.17, 15) is 0 Å². The van der Waals surface area contributed by atoms with Crippen LogP contribution in [0.4, 0.5) is 5.69 Å². The van der Waals surface area contributed by atoms with Gasteiger partial charge >= 0.3 is 0 Å². The molecule has 1 unspecified atom stereocenters. The number of anilines is 1. The Bertz CT molecular complexity index is 574. The van der Waals surface area contributed by atoms with E-state index in [1.807, 2.05) is 4.68 Å². The molecule has 0 saturated heterocycles. The number of nitrogens with one attached hydrogen (secondary N) is 1. The fraction of sp³-hybridized carbons (Fsp3) is 0.529. The normalized spacial score (nSPS) is 21.1. The van der Waals surface area contributed by atoms with Crippen molar-refractivity contribution in [2.45, 2.75) is 52.1 Å². The second kappa shape index (κ2) is 5.88. The van der Waals surface area contributed by atoms with Gasteiger partial charge in [0, 0.05) is 11.7 Å². The van der Waals surface area contributed by atoms with E-state index in [4.69, 9.17) is 0 Å². The molecule has 21 heavy (non-hydrogen) atoms. The molecular formula is C17H24N4. The molecule has 1 aliphatic rings. The first-order chi connectivity index (χ1) is 10.1. The molecule has 1 aliphatic carbocycles. The summed E-state index contributed by atoms with van der Waals surface area (Å²) in [5, 5.41) is 7.87. The summed E-state index contributed by atoms with van der Waals surface area (Å²) in [7, 11) is 0. The van der Waals surface area contributed by atoms with E-state index in [-0.39, 0.29) is 0 Å². The lowest BCUT2D eigenvalue weighted by molar-refractivity contribution is 0.229. The van der Waals surface area contributed by atoms with Gasteiger partial charge in [0.1, 0.15) is 12.7 Å². The number of nitrogens with zero attached hydrogens (tertiary/aromatic N) is 3. The second-order valence-corrected chi connectivity index (χ2v) is 6.90. The van der Waals surface area contributed by atoms with Crippen molar-refractivity contribution in [1.29, 1.82) is 0 Å². The highest BCUT2D eigenvalue weighted by molar-refractivity contribution is 5.46. The Morgan fingerprint density at radius 1 is 1.38 bits per heavy atom. The zero-order valence-corrected chi connectivity index (χ0v) is 12.9. The molecule has 1 aromatic heterocycles. The molecule has 2 aromatic rings. The Hall–Kier alpha value is -1.84. The van der Waals surface area contributed by atoms with Crippen molar-refractivity contribution < 1.29 is 0 Å². The highest BCUT2D eigenvalue weighted by Crippen LogP contribution is 2.36. The van der Waals surface area contributed by atoms with Gasteiger partial charge in [0.25, 0.3) is 0 Å². The number of rotatable bonds is 4. The van der Waals surface area contributed by atoms with Crippen molar-refractivity contribution in [3.8, 4) is 0 Å². The number of hydrogen-bond donors (Lipinski definition) is 1. The molecule has 0 aliphatic heterocycles. The lowest BCUT2D eigenvalue weighted by Gasteiger charge is -2.36. The monoisotopic (exact) mass is 284 g/mol. The van der Waals surface area contributed by atoms with Crippen molar-refractivity contribution in [1.82, 2.24) is 14.8 Å². The Balaban J connectivity index is 1.65. The first kappa shape index (κ1) is 14.1. The minimum Gasteiger partial charge on any atom is -0.382 e. The van der Waals surface area contributed by atoms with E-state index >= 15 is 0 Å². The van der Waals surface area contributed by atoms with Crippen molar-refractivity contribution >= 4 is 5.69 Å². The Kier molecular flexibility index (Phi) is 3.95. The molecule has 1 N–H and O–H groups in total. The predicted molar refractivity (Wildman–Crippen MR) is 85.2 cm³/mol. The molecule has 3 rings (SSSR count). The molecule has 0 spiro atoms. The number of benzene rings is 1. The zero-order chi connectivity index (χ0) is 14.7. The topological polar surface area (TPSA) is 42.7 Å². The summed E-state index contributed by atoms with van der Waals surface area (Å²) in [6, 6.07) is 9.23. The molecule has 1 fully saturated rings. The lowest BCUT2D eigenvalue weighted by Crippen LogP contribution is -2.31. The van der Waals surface area contributed by atoms with Gasteiger partial charge in [-0.2, -0.15) is 5.10 Å². The van der Waals surface area contributed by atoms with E-state index in [1.165, 1.54) is 36.9 Å². The van der Waals surface area contributed by atoms with Gasteiger partial charge in [-0.3, -0.25) is 0 Å². The maximum absolute atomic E-state index is 4.16. The molecular weight excluding hydrogens is 260 g/mol. The van der Waals surface area contributed by atoms with Gasteiger partial charge in [0.15, 0.2) is 0 Å². The SMILES string of the molecule is CC1(C)CCCC(Nc2cccc(Cn3cncn3)c2)C1. The minimum absolute atomic E-state index is 0.467. The number of hydrogen-bond acceptors (Lipinski definition) is 3. The Morgan fingerprint density at radius 3 is 3.05 bits per heavy atom. The van der Waals surface area contributed by atoms with Gasteiger partial charge in [0.05, 0.1) is 6.54 Å². The molecule has 1 atom stereocenters. The average molecular weight is 284 g/mol. The first-order valence-corrected chi connectivity index (χ1v) is 7.79. The van der Waals surface area contributed by atoms with E-state index in [1.54, 1.807) is 12.7 Å². The Morgan fingerprint density at radius 2 is 2.29 bits per heavy atom. The summed E-state index contributed by atoms with van der Waals surface area (Å²) in [6.07, 6.45) is 8.52. The molecule has 0 radical (unpaired) electrons. The third kappa shape index (κ3) is 3.84. The second-order valence-electron chi connectivity index (χ2n) is 6.90. The summed E-state index contributed by atoms with van der Waals surface area (Å²) >= 11 is 0. The van der Waals surface area contributed by atoms with Gasteiger partial charge < -0.3 is 5.32 Å². The maximum Gasteiger partial charge on any atom is 0.137 e. The molecule has 1 saturated carbocycles. The van der Waals surface area contributed by atoms with E-state index in [2.05, 4.69) is 53.5 Å². The first-order valence-electron chi connectivity index (χ1n) is 7.79. The quantitative estimate of drug-likeness (QED) is 0.930. The summed E-state index contributed by atoms with van der Waals surface area (Å²) in [4.78, 5) is 3.99. The molecule has 112 valence electrons. The third-order valence-corrected chi connectivity index (χ3v) is 4.31. The van der Waals surface area contributed by atoms with E-state index < -0.39 is 0 Å². The van der Waals surface area contributed by atoms with Crippen LogP contribution in [0.15, 0.2) is 36.9 Å². The predicted octanol–water partition coefficient (Wildman–Crippen LogP) is 3.71. The molecule has 4 nitrogen and oxygen atoms in total. The van der Waals surface area contributed by atoms with Crippen LogP contribution in [0, 0.1) is 5.41 Å². The zero-order valence-electron chi connectivity index (χ0n) is 12.9. The van der Waals surface area contributed by atoms with Crippen LogP contribution in [0.5, 0.6) is 0 Å². The van der Waals surface area contributed by atoms with Crippen LogP contribution in [-0.4, -0.2) is 20.8 Å². The van der Waals surface area contributed by atoms with Crippen LogP contribution in [-0.2, 0) is 6.54 Å². The van der Waals surface area contributed by atoms with Crippen molar-refractivity contribution in [2.75, 3.05) is 5.32 Å². The standard InChI is InChI=1S/C17H24N4/c1-17(2)8-4-7-16(10-17)20-15-6-3-5-14(9-15)11-21-13-18-12-19-21/h3,5-6,9,12-13,16,20H,4,7-8,10-11H2,1-2H3. The summed E-state index contributed by atoms with van der Waals surface area (Å²) < 4.78 is 1.85. The van der Waals surface area contributed by atoms with Crippen LogP contribution in [0.3, 0.4) is 0 Å². The largest absolute Gasteiger partial charge is 0.382 e. The van der Waals surface area contributed by atoms with Crippen LogP contribution in [0.2, 0.25) is 0 Å². The molecule has 0 amide bonds. The summed E-state index contributed by atoms with van der Waals surface area (Å²) in [5.41, 5.74) is 2.93. The van der Waals surface area contributed by atoms with Crippen LogP contribution in [0.1, 0.15) is 45.1 Å². The highest BCUT2D eigenvalue weighted by atomic mass is 15.3. The van der Waals surface area contributed by atoms with Crippen molar-refractivity contribution in [3.63, 3.8) is 0 Å². The van der Waals surface area contributed by atoms with Gasteiger partial charge in [-0.25, -0.2) is 9.67 Å². The molecule has 4 heteroatoms. The maximum atomic E-state index is 4.16. The van der Waals surface area contributed by atoms with Gasteiger partial charge in [0.2, 0.25) is 0 Å². The average Bonchev–Trinajstić information content (AvgIpc) is 2.91. The summed E-state index contributed by atoms with van der Waals surface area (Å²) in [6.45, 7) is 5.52. The fourth-order valence-electron chi connectivity index (χ4n) is 3.32. The molecule has 1 aromatic carbocycles. The lowest BCUT2D eigenvalue weighted by atomic mass is 9.75. The van der Waals surface area contributed by atoms with Gasteiger partial charge in [-0.15, -0.1) is 0 Å². The highest BCUT2D eigenvalue weighted by Gasteiger charge is 2.27. The van der Waals surface area contributed by atoms with Gasteiger partial charge in [-0.1, -0.05) is 32.4 Å². The van der Waals surface area contributed by atoms with Crippen LogP contribution in [0.25, 0.3) is 0 Å². The smallest absolute Gasteiger partial charge is 0.137 e. The van der Waals surface area contributed by atoms with E-state index in [0.29, 0.717) is 11.5 Å². The fourth-order valence-corrected chi connectivity index (χ4v) is 3.32. The van der Waals surface area contributed by atoms with Gasteiger partial charge in [-0.05, 0) is 42.4 Å².